The lowest BCUT2D eigenvalue weighted by molar-refractivity contribution is 0.0953. The molecule has 1 amide bonds. The number of nitrogens with one attached hydrogen (secondary N) is 1. The zero-order chi connectivity index (χ0) is 15.4. The monoisotopic (exact) mass is 346 g/mol. The van der Waals surface area contributed by atoms with Crippen LogP contribution in [0.5, 0.6) is 0 Å². The van der Waals surface area contributed by atoms with E-state index in [0.717, 1.165) is 16.5 Å². The average molecular weight is 347 g/mol. The Hall–Kier alpha value is -1.81. The summed E-state index contributed by atoms with van der Waals surface area (Å²) in [5.74, 6) is -0.0897. The van der Waals surface area contributed by atoms with Crippen LogP contribution >= 0.6 is 15.9 Å². The molecule has 0 saturated carbocycles. The first kappa shape index (κ1) is 15.6. The van der Waals surface area contributed by atoms with E-state index in [1.165, 1.54) is 11.1 Å². The lowest BCUT2D eigenvalue weighted by atomic mass is 10.1. The second-order valence-electron chi connectivity index (χ2n) is 5.16. The number of rotatable bonds is 4. The summed E-state index contributed by atoms with van der Waals surface area (Å²) in [6, 6.07) is 11.9. The lowest BCUT2D eigenvalue weighted by Crippen LogP contribution is -2.26. The quantitative estimate of drug-likeness (QED) is 0.830. The molecule has 0 saturated heterocycles. The zero-order valence-electron chi connectivity index (χ0n) is 12.2. The van der Waals surface area contributed by atoms with E-state index in [1.54, 1.807) is 12.1 Å². The van der Waals surface area contributed by atoms with E-state index in [4.69, 9.17) is 5.73 Å². The second-order valence-corrected chi connectivity index (χ2v) is 6.08. The van der Waals surface area contributed by atoms with Crippen molar-refractivity contribution in [1.82, 2.24) is 5.32 Å². The standard InChI is InChI=1S/C17H19BrN2O/c1-11-4-3-5-13(8-11)6-7-20-17(21)15-9-14(18)10-16(19)12(15)2/h3-5,8-10H,6-7,19H2,1-2H3,(H,20,21). The third kappa shape index (κ3) is 4.08. The van der Waals surface area contributed by atoms with Crippen molar-refractivity contribution in [2.75, 3.05) is 12.3 Å². The molecule has 0 aliphatic heterocycles. The molecule has 2 aromatic rings. The van der Waals surface area contributed by atoms with Gasteiger partial charge in [0.15, 0.2) is 0 Å². The molecular weight excluding hydrogens is 328 g/mol. The van der Waals surface area contributed by atoms with E-state index in [0.29, 0.717) is 17.8 Å². The van der Waals surface area contributed by atoms with Crippen LogP contribution in [0.2, 0.25) is 0 Å². The molecule has 0 bridgehead atoms. The number of aryl methyl sites for hydroxylation is 1. The van der Waals surface area contributed by atoms with Crippen molar-refractivity contribution in [3.63, 3.8) is 0 Å². The summed E-state index contributed by atoms with van der Waals surface area (Å²) in [5, 5.41) is 2.95. The number of hydrogen-bond donors (Lipinski definition) is 2. The minimum absolute atomic E-state index is 0.0897. The fraction of sp³-hybridized carbons (Fsp3) is 0.235. The van der Waals surface area contributed by atoms with E-state index in [-0.39, 0.29) is 5.91 Å². The largest absolute Gasteiger partial charge is 0.398 e. The average Bonchev–Trinajstić information content (AvgIpc) is 2.42. The molecule has 0 unspecified atom stereocenters. The third-order valence-electron chi connectivity index (χ3n) is 3.44. The first-order valence-corrected chi connectivity index (χ1v) is 7.66. The van der Waals surface area contributed by atoms with Crippen molar-refractivity contribution in [3.8, 4) is 0 Å². The van der Waals surface area contributed by atoms with Crippen LogP contribution < -0.4 is 11.1 Å². The zero-order valence-corrected chi connectivity index (χ0v) is 13.8. The minimum Gasteiger partial charge on any atom is -0.398 e. The second kappa shape index (κ2) is 6.76. The van der Waals surface area contributed by atoms with Crippen molar-refractivity contribution < 1.29 is 4.79 Å². The molecule has 0 fully saturated rings. The maximum atomic E-state index is 12.2. The predicted molar refractivity (Wildman–Crippen MR) is 90.5 cm³/mol. The Bertz CT molecular complexity index is 668. The molecule has 110 valence electrons. The summed E-state index contributed by atoms with van der Waals surface area (Å²) in [5.41, 5.74) is 10.4. The summed E-state index contributed by atoms with van der Waals surface area (Å²) in [6.45, 7) is 4.53. The van der Waals surface area contributed by atoms with Gasteiger partial charge in [-0.05, 0) is 43.5 Å². The van der Waals surface area contributed by atoms with E-state index in [1.807, 2.05) is 13.0 Å². The van der Waals surface area contributed by atoms with Gasteiger partial charge >= 0.3 is 0 Å². The van der Waals surface area contributed by atoms with Gasteiger partial charge in [-0.25, -0.2) is 0 Å². The Labute approximate surface area is 133 Å². The SMILES string of the molecule is Cc1cccc(CCNC(=O)c2cc(Br)cc(N)c2C)c1. The van der Waals surface area contributed by atoms with Gasteiger partial charge in [-0.3, -0.25) is 4.79 Å². The van der Waals surface area contributed by atoms with Crippen LogP contribution in [0.3, 0.4) is 0 Å². The van der Waals surface area contributed by atoms with Gasteiger partial charge in [-0.15, -0.1) is 0 Å². The van der Waals surface area contributed by atoms with Crippen molar-refractivity contribution in [2.24, 2.45) is 0 Å². The highest BCUT2D eigenvalue weighted by Gasteiger charge is 2.11. The van der Waals surface area contributed by atoms with Crippen molar-refractivity contribution in [3.05, 3.63) is 63.1 Å². The molecule has 2 rings (SSSR count). The number of benzene rings is 2. The van der Waals surface area contributed by atoms with Crippen LogP contribution in [0.15, 0.2) is 40.9 Å². The first-order valence-electron chi connectivity index (χ1n) is 6.86. The summed E-state index contributed by atoms with van der Waals surface area (Å²) in [6.07, 6.45) is 0.815. The molecule has 3 N–H and O–H groups in total. The Kier molecular flexibility index (Phi) is 5.02. The van der Waals surface area contributed by atoms with Gasteiger partial charge in [0.1, 0.15) is 0 Å². The summed E-state index contributed by atoms with van der Waals surface area (Å²) in [4.78, 5) is 12.2. The number of carbonyl (C=O) groups is 1. The molecule has 21 heavy (non-hydrogen) atoms. The van der Waals surface area contributed by atoms with Gasteiger partial charge in [0.25, 0.3) is 5.91 Å². The lowest BCUT2D eigenvalue weighted by Gasteiger charge is -2.10. The molecule has 0 aromatic heterocycles. The Morgan fingerprint density at radius 1 is 1.24 bits per heavy atom. The van der Waals surface area contributed by atoms with Crippen LogP contribution in [-0.2, 0) is 6.42 Å². The van der Waals surface area contributed by atoms with Gasteiger partial charge in [0, 0.05) is 22.3 Å². The molecule has 2 aromatic carbocycles. The third-order valence-corrected chi connectivity index (χ3v) is 3.90. The Morgan fingerprint density at radius 3 is 2.71 bits per heavy atom. The molecule has 0 atom stereocenters. The smallest absolute Gasteiger partial charge is 0.251 e. The van der Waals surface area contributed by atoms with Crippen LogP contribution in [0, 0.1) is 13.8 Å². The number of amides is 1. The number of nitrogen functional groups attached to an aromatic ring is 1. The Morgan fingerprint density at radius 2 is 2.00 bits per heavy atom. The van der Waals surface area contributed by atoms with Crippen molar-refractivity contribution >= 4 is 27.5 Å². The normalized spacial score (nSPS) is 10.4. The van der Waals surface area contributed by atoms with E-state index >= 15 is 0 Å². The molecule has 4 heteroatoms. The fourth-order valence-corrected chi connectivity index (χ4v) is 2.69. The number of nitrogens with two attached hydrogens (primary N) is 1. The van der Waals surface area contributed by atoms with Crippen LogP contribution in [-0.4, -0.2) is 12.5 Å². The molecule has 0 heterocycles. The number of halogens is 1. The van der Waals surface area contributed by atoms with E-state index < -0.39 is 0 Å². The van der Waals surface area contributed by atoms with Gasteiger partial charge in [0.05, 0.1) is 0 Å². The maximum Gasteiger partial charge on any atom is 0.251 e. The summed E-state index contributed by atoms with van der Waals surface area (Å²) in [7, 11) is 0. The van der Waals surface area contributed by atoms with E-state index in [9.17, 15) is 4.79 Å². The topological polar surface area (TPSA) is 55.1 Å². The van der Waals surface area contributed by atoms with Gasteiger partial charge in [-0.2, -0.15) is 0 Å². The number of anilines is 1. The molecular formula is C17H19BrN2O. The minimum atomic E-state index is -0.0897. The molecule has 0 aliphatic rings. The van der Waals surface area contributed by atoms with Crippen LogP contribution in [0.25, 0.3) is 0 Å². The molecule has 0 spiro atoms. The van der Waals surface area contributed by atoms with Crippen LogP contribution in [0.1, 0.15) is 27.0 Å². The number of carbonyl (C=O) groups excluding carboxylic acids is 1. The summed E-state index contributed by atoms with van der Waals surface area (Å²) >= 11 is 3.37. The molecule has 3 nitrogen and oxygen atoms in total. The highest BCUT2D eigenvalue weighted by atomic mass is 79.9. The maximum absolute atomic E-state index is 12.2. The van der Waals surface area contributed by atoms with E-state index in [2.05, 4.69) is 46.4 Å². The molecule has 0 radical (unpaired) electrons. The fourth-order valence-electron chi connectivity index (χ4n) is 2.22. The van der Waals surface area contributed by atoms with Crippen molar-refractivity contribution in [2.45, 2.75) is 20.3 Å². The van der Waals surface area contributed by atoms with Crippen LogP contribution in [0.4, 0.5) is 5.69 Å². The number of hydrogen-bond acceptors (Lipinski definition) is 2. The molecule has 0 aliphatic carbocycles. The van der Waals surface area contributed by atoms with Crippen molar-refractivity contribution in [1.29, 1.82) is 0 Å². The Balaban J connectivity index is 1.99. The highest BCUT2D eigenvalue weighted by Crippen LogP contribution is 2.22. The first-order chi connectivity index (χ1) is 9.97. The highest BCUT2D eigenvalue weighted by molar-refractivity contribution is 9.10. The van der Waals surface area contributed by atoms with Gasteiger partial charge in [0.2, 0.25) is 0 Å². The predicted octanol–water partition coefficient (Wildman–Crippen LogP) is 3.62. The van der Waals surface area contributed by atoms with Gasteiger partial charge in [-0.1, -0.05) is 45.8 Å². The van der Waals surface area contributed by atoms with Gasteiger partial charge < -0.3 is 11.1 Å². The summed E-state index contributed by atoms with van der Waals surface area (Å²) < 4.78 is 0.814.